The van der Waals surface area contributed by atoms with Crippen molar-refractivity contribution in [3.05, 3.63) is 176 Å². The maximum atomic E-state index is 5.04. The summed E-state index contributed by atoms with van der Waals surface area (Å²) < 4.78 is 2.45. The first kappa shape index (κ1) is 29.0. The molecule has 0 unspecified atom stereocenters. The first-order valence-electron chi connectivity index (χ1n) is 16.4. The Hall–Kier alpha value is -6.23. The van der Waals surface area contributed by atoms with Gasteiger partial charge < -0.3 is 0 Å². The van der Waals surface area contributed by atoms with Crippen LogP contribution in [0.5, 0.6) is 0 Å². The van der Waals surface area contributed by atoms with Crippen LogP contribution in [-0.2, 0) is 0 Å². The van der Waals surface area contributed by atoms with E-state index in [0.717, 1.165) is 16.7 Å². The highest BCUT2D eigenvalue weighted by atomic mass is 32.1. The Labute approximate surface area is 288 Å². The Balaban J connectivity index is 1.08. The van der Waals surface area contributed by atoms with Crippen molar-refractivity contribution in [3.63, 3.8) is 0 Å². The van der Waals surface area contributed by atoms with E-state index >= 15 is 0 Å². The van der Waals surface area contributed by atoms with Gasteiger partial charge in [-0.15, -0.1) is 11.3 Å². The molecule has 4 heteroatoms. The number of thiophene rings is 1. The molecule has 0 N–H and O–H groups in total. The summed E-state index contributed by atoms with van der Waals surface area (Å²) in [6, 6.07) is 61.7. The van der Waals surface area contributed by atoms with Crippen LogP contribution in [0.15, 0.2) is 176 Å². The molecule has 7 aromatic carbocycles. The summed E-state index contributed by atoms with van der Waals surface area (Å²) in [5.41, 5.74) is 10.2. The molecule has 49 heavy (non-hydrogen) atoms. The minimum absolute atomic E-state index is 0.666. The molecule has 0 amide bonds. The average Bonchev–Trinajstić information content (AvgIpc) is 3.57. The van der Waals surface area contributed by atoms with Gasteiger partial charge >= 0.3 is 0 Å². The van der Waals surface area contributed by atoms with Crippen LogP contribution in [0.4, 0.5) is 0 Å². The third-order valence-corrected chi connectivity index (χ3v) is 10.1. The summed E-state index contributed by atoms with van der Waals surface area (Å²) in [7, 11) is 0. The Kier molecular flexibility index (Phi) is 7.34. The van der Waals surface area contributed by atoms with Crippen LogP contribution in [0.25, 0.3) is 87.7 Å². The fourth-order valence-corrected chi connectivity index (χ4v) is 7.63. The highest BCUT2D eigenvalue weighted by molar-refractivity contribution is 7.26. The Morgan fingerprint density at radius 2 is 0.735 bits per heavy atom. The second kappa shape index (κ2) is 12.4. The fraction of sp³-hybridized carbons (Fsp3) is 0. The van der Waals surface area contributed by atoms with Crippen molar-refractivity contribution >= 4 is 31.5 Å². The predicted octanol–water partition coefficient (Wildman–Crippen LogP) is 12.2. The van der Waals surface area contributed by atoms with Crippen molar-refractivity contribution in [2.75, 3.05) is 0 Å². The maximum absolute atomic E-state index is 5.04. The molecule has 0 fully saturated rings. The van der Waals surface area contributed by atoms with Crippen molar-refractivity contribution in [2.24, 2.45) is 0 Å². The minimum Gasteiger partial charge on any atom is -0.208 e. The molecule has 0 atom stereocenters. The van der Waals surface area contributed by atoms with Gasteiger partial charge in [0.15, 0.2) is 17.5 Å². The number of hydrogen-bond acceptors (Lipinski definition) is 4. The molecular weight excluding hydrogens is 615 g/mol. The van der Waals surface area contributed by atoms with Gasteiger partial charge in [0.05, 0.1) is 0 Å². The highest BCUT2D eigenvalue weighted by Crippen LogP contribution is 2.41. The third-order valence-electron chi connectivity index (χ3n) is 8.98. The van der Waals surface area contributed by atoms with Crippen LogP contribution in [0.2, 0.25) is 0 Å². The van der Waals surface area contributed by atoms with Gasteiger partial charge in [-0.25, -0.2) is 15.0 Å². The zero-order valence-corrected chi connectivity index (χ0v) is 27.3. The molecular formula is C45H29N3S. The van der Waals surface area contributed by atoms with E-state index < -0.39 is 0 Å². The van der Waals surface area contributed by atoms with Crippen LogP contribution in [0.1, 0.15) is 0 Å². The van der Waals surface area contributed by atoms with Gasteiger partial charge in [-0.05, 0) is 45.5 Å². The van der Waals surface area contributed by atoms with Gasteiger partial charge in [0, 0.05) is 36.9 Å². The quantitative estimate of drug-likeness (QED) is 0.181. The van der Waals surface area contributed by atoms with E-state index in [2.05, 4.69) is 115 Å². The number of benzene rings is 7. The van der Waals surface area contributed by atoms with Gasteiger partial charge in [-0.1, -0.05) is 164 Å². The monoisotopic (exact) mass is 643 g/mol. The van der Waals surface area contributed by atoms with Crippen LogP contribution < -0.4 is 0 Å². The van der Waals surface area contributed by atoms with E-state index in [9.17, 15) is 0 Å². The maximum Gasteiger partial charge on any atom is 0.164 e. The van der Waals surface area contributed by atoms with E-state index in [1.165, 1.54) is 53.6 Å². The van der Waals surface area contributed by atoms with Gasteiger partial charge in [0.25, 0.3) is 0 Å². The van der Waals surface area contributed by atoms with E-state index in [-0.39, 0.29) is 0 Å². The van der Waals surface area contributed by atoms with E-state index in [0.29, 0.717) is 17.5 Å². The first-order chi connectivity index (χ1) is 24.3. The summed E-state index contributed by atoms with van der Waals surface area (Å²) in [5.74, 6) is 2.01. The Morgan fingerprint density at radius 3 is 1.27 bits per heavy atom. The summed E-state index contributed by atoms with van der Waals surface area (Å²) in [5, 5.41) is 2.38. The SMILES string of the molecule is c1ccc(-c2ccc(-c3ccc(-c4ccc5c(c4)sc4cccc(-c6nc(-c7ccccc7)nc(-c7ccccc7)n6)c45)cc3)cc2)cc1. The van der Waals surface area contributed by atoms with Gasteiger partial charge in [0.2, 0.25) is 0 Å². The van der Waals surface area contributed by atoms with Crippen molar-refractivity contribution < 1.29 is 0 Å². The molecule has 230 valence electrons. The molecule has 0 saturated heterocycles. The van der Waals surface area contributed by atoms with E-state index in [1.807, 2.05) is 72.0 Å². The standard InChI is InChI=1S/C45H29N3S/c1-4-11-30(12-5-1)31-19-21-32(22-20-31)33-23-25-34(26-24-33)37-27-28-38-41(29-37)49-40-18-10-17-39(42(38)40)45-47-43(35-13-6-2-7-14-35)46-44(48-45)36-15-8-3-9-16-36/h1-29H. The number of fused-ring (bicyclic) bond motifs is 3. The molecule has 2 heterocycles. The Bertz CT molecular complexity index is 2500. The molecule has 0 aliphatic heterocycles. The van der Waals surface area contributed by atoms with Gasteiger partial charge in [-0.2, -0.15) is 0 Å². The van der Waals surface area contributed by atoms with E-state index in [1.54, 1.807) is 0 Å². The smallest absolute Gasteiger partial charge is 0.164 e. The lowest BCUT2D eigenvalue weighted by Crippen LogP contribution is -2.00. The summed E-state index contributed by atoms with van der Waals surface area (Å²) in [4.78, 5) is 15.0. The summed E-state index contributed by atoms with van der Waals surface area (Å²) in [6.07, 6.45) is 0. The number of rotatable bonds is 6. The van der Waals surface area contributed by atoms with Gasteiger partial charge in [-0.3, -0.25) is 0 Å². The van der Waals surface area contributed by atoms with E-state index in [4.69, 9.17) is 15.0 Å². The zero-order chi connectivity index (χ0) is 32.6. The molecule has 0 radical (unpaired) electrons. The average molecular weight is 644 g/mol. The predicted molar refractivity (Wildman–Crippen MR) is 205 cm³/mol. The normalized spacial score (nSPS) is 11.3. The lowest BCUT2D eigenvalue weighted by molar-refractivity contribution is 1.08. The molecule has 0 aliphatic rings. The number of hydrogen-bond donors (Lipinski definition) is 0. The third kappa shape index (κ3) is 5.58. The number of nitrogens with zero attached hydrogens (tertiary/aromatic N) is 3. The molecule has 2 aromatic heterocycles. The summed E-state index contributed by atoms with van der Waals surface area (Å²) >= 11 is 1.81. The van der Waals surface area contributed by atoms with Crippen molar-refractivity contribution in [3.8, 4) is 67.5 Å². The lowest BCUT2D eigenvalue weighted by atomic mass is 9.97. The van der Waals surface area contributed by atoms with Crippen LogP contribution in [-0.4, -0.2) is 15.0 Å². The molecule has 9 rings (SSSR count). The zero-order valence-electron chi connectivity index (χ0n) is 26.5. The molecule has 0 bridgehead atoms. The molecule has 0 saturated carbocycles. The van der Waals surface area contributed by atoms with Crippen molar-refractivity contribution in [1.29, 1.82) is 0 Å². The molecule has 0 spiro atoms. The van der Waals surface area contributed by atoms with Gasteiger partial charge in [0.1, 0.15) is 0 Å². The first-order valence-corrected chi connectivity index (χ1v) is 17.2. The minimum atomic E-state index is 0.666. The second-order valence-corrected chi connectivity index (χ2v) is 13.1. The van der Waals surface area contributed by atoms with Crippen LogP contribution in [0, 0.1) is 0 Å². The highest BCUT2D eigenvalue weighted by Gasteiger charge is 2.17. The fourth-order valence-electron chi connectivity index (χ4n) is 6.46. The Morgan fingerprint density at radius 1 is 0.306 bits per heavy atom. The summed E-state index contributed by atoms with van der Waals surface area (Å²) in [6.45, 7) is 0. The molecule has 3 nitrogen and oxygen atoms in total. The molecule has 0 aliphatic carbocycles. The molecule has 9 aromatic rings. The lowest BCUT2D eigenvalue weighted by Gasteiger charge is -2.09. The largest absolute Gasteiger partial charge is 0.208 e. The number of aromatic nitrogens is 3. The van der Waals surface area contributed by atoms with Crippen LogP contribution >= 0.6 is 11.3 Å². The topological polar surface area (TPSA) is 38.7 Å². The van der Waals surface area contributed by atoms with Crippen LogP contribution in [0.3, 0.4) is 0 Å². The van der Waals surface area contributed by atoms with Crippen molar-refractivity contribution in [2.45, 2.75) is 0 Å². The second-order valence-electron chi connectivity index (χ2n) is 12.1. The van der Waals surface area contributed by atoms with Crippen molar-refractivity contribution in [1.82, 2.24) is 15.0 Å².